The van der Waals surface area contributed by atoms with Gasteiger partial charge in [0.1, 0.15) is 12.4 Å². The van der Waals surface area contributed by atoms with Gasteiger partial charge in [-0.05, 0) is 44.4 Å². The highest BCUT2D eigenvalue weighted by Crippen LogP contribution is 2.20. The van der Waals surface area contributed by atoms with Crippen LogP contribution in [0.3, 0.4) is 0 Å². The number of benzene rings is 2. The van der Waals surface area contributed by atoms with Crippen molar-refractivity contribution in [2.75, 3.05) is 6.61 Å². The van der Waals surface area contributed by atoms with Crippen LogP contribution in [0.1, 0.15) is 68.3 Å². The molecule has 1 unspecified atom stereocenters. The third-order valence-corrected chi connectivity index (χ3v) is 6.94. The van der Waals surface area contributed by atoms with Gasteiger partial charge in [-0.15, -0.1) is 0 Å². The van der Waals surface area contributed by atoms with Gasteiger partial charge in [-0.2, -0.15) is 0 Å². The van der Waals surface area contributed by atoms with Gasteiger partial charge >= 0.3 is 12.1 Å². The van der Waals surface area contributed by atoms with Crippen molar-refractivity contribution in [2.45, 2.75) is 63.9 Å². The molecule has 0 aliphatic heterocycles. The van der Waals surface area contributed by atoms with Gasteiger partial charge in [0, 0.05) is 12.0 Å². The minimum absolute atomic E-state index is 0.0898. The van der Waals surface area contributed by atoms with Crippen molar-refractivity contribution in [1.29, 1.82) is 0 Å². The van der Waals surface area contributed by atoms with E-state index in [1.165, 1.54) is 31.2 Å². The fourth-order valence-electron chi connectivity index (χ4n) is 3.64. The highest BCUT2D eigenvalue weighted by Gasteiger charge is 2.25. The maximum Gasteiger partial charge on any atom is 0.421 e. The molecule has 200 valence electrons. The van der Waals surface area contributed by atoms with E-state index in [1.54, 1.807) is 37.3 Å². The van der Waals surface area contributed by atoms with E-state index in [4.69, 9.17) is 9.47 Å². The Kier molecular flexibility index (Phi) is 12.0. The van der Waals surface area contributed by atoms with Crippen LogP contribution in [0.5, 0.6) is 0 Å². The average molecular weight is 532 g/mol. The summed E-state index contributed by atoms with van der Waals surface area (Å²) >= 11 is 0. The summed E-state index contributed by atoms with van der Waals surface area (Å²) in [4.78, 5) is 48.1. The molecule has 1 N–H and O–H groups in total. The second-order valence-electron chi connectivity index (χ2n) is 8.48. The van der Waals surface area contributed by atoms with Crippen LogP contribution in [0, 0.1) is 5.92 Å². The maximum absolute atomic E-state index is 12.9. The Balaban J connectivity index is 1.89. The van der Waals surface area contributed by atoms with Crippen molar-refractivity contribution in [1.82, 2.24) is 4.72 Å². The van der Waals surface area contributed by atoms with Crippen molar-refractivity contribution in [3.63, 3.8) is 0 Å². The van der Waals surface area contributed by atoms with Gasteiger partial charge in [0.15, 0.2) is 5.78 Å². The summed E-state index contributed by atoms with van der Waals surface area (Å²) in [6.07, 6.45) is 2.45. The minimum Gasteiger partial charge on any atom is -0.466 e. The molecule has 0 aromatic heterocycles. The Hall–Kier alpha value is -3.53. The molecule has 1 amide bonds. The Bertz CT molecular complexity index is 1160. The number of nitrogens with one attached hydrogen (secondary N) is 1. The Morgan fingerprint density at radius 3 is 2.14 bits per heavy atom. The molecule has 37 heavy (non-hydrogen) atoms. The summed E-state index contributed by atoms with van der Waals surface area (Å²) in [6.45, 7) is 3.37. The van der Waals surface area contributed by atoms with Gasteiger partial charge in [-0.3, -0.25) is 14.4 Å². The van der Waals surface area contributed by atoms with Crippen LogP contribution in [0.25, 0.3) is 0 Å². The van der Waals surface area contributed by atoms with Crippen molar-refractivity contribution < 1.29 is 37.1 Å². The summed E-state index contributed by atoms with van der Waals surface area (Å²) in [5.41, 5.74) is 0.905. The first kappa shape index (κ1) is 29.7. The van der Waals surface area contributed by atoms with Crippen LogP contribution in [0.15, 0.2) is 59.5 Å². The van der Waals surface area contributed by atoms with Crippen molar-refractivity contribution in [2.24, 2.45) is 5.92 Å². The number of ketones is 2. The molecule has 0 heterocycles. The Morgan fingerprint density at radius 2 is 1.51 bits per heavy atom. The molecule has 0 saturated carbocycles. The molecule has 0 fully saturated rings. The maximum atomic E-state index is 12.9. The first-order valence-corrected chi connectivity index (χ1v) is 13.7. The number of hydrogen-bond donors (Lipinski definition) is 1. The molecule has 10 heteroatoms. The number of rotatable bonds is 15. The lowest BCUT2D eigenvalue weighted by Crippen LogP contribution is -2.31. The number of carbonyl (C=O) groups is 4. The summed E-state index contributed by atoms with van der Waals surface area (Å²) in [7, 11) is -4.21. The predicted molar refractivity (Wildman–Crippen MR) is 136 cm³/mol. The van der Waals surface area contributed by atoms with Crippen LogP contribution in [0.2, 0.25) is 0 Å². The zero-order chi connectivity index (χ0) is 27.3. The van der Waals surface area contributed by atoms with E-state index in [9.17, 15) is 27.6 Å². The number of unbranched alkanes of at least 4 members (excludes halogenated alkanes) is 3. The van der Waals surface area contributed by atoms with Crippen LogP contribution in [0.4, 0.5) is 4.79 Å². The monoisotopic (exact) mass is 531 g/mol. The predicted octanol–water partition coefficient (Wildman–Crippen LogP) is 4.59. The third-order valence-electron chi connectivity index (χ3n) is 5.62. The van der Waals surface area contributed by atoms with Gasteiger partial charge in [-0.25, -0.2) is 17.9 Å². The summed E-state index contributed by atoms with van der Waals surface area (Å²) in [5, 5.41) is 0. The third kappa shape index (κ3) is 10.2. The smallest absolute Gasteiger partial charge is 0.421 e. The standard InChI is InChI=1S/C27H33NO8S/c1-3-35-25(30)14-10-5-4-9-13-24(20(2)29)26(31)22-15-17-23(18-16-22)37(33,34)28-27(32)36-19-21-11-7-6-8-12-21/h6-8,11-12,15-18,24H,3-5,9-10,13-14,19H2,1-2H3,(H,28,32). The molecule has 1 atom stereocenters. The number of ether oxygens (including phenoxy) is 2. The number of Topliss-reactive ketones (excluding diaryl/α,β-unsaturated/α-hetero) is 2. The van der Waals surface area contributed by atoms with Gasteiger partial charge in [0.2, 0.25) is 0 Å². The highest BCUT2D eigenvalue weighted by molar-refractivity contribution is 7.90. The van der Waals surface area contributed by atoms with E-state index < -0.39 is 27.8 Å². The fourth-order valence-corrected chi connectivity index (χ4v) is 4.53. The number of amides is 1. The second kappa shape index (κ2) is 14.9. The molecule has 2 rings (SSSR count). The van der Waals surface area contributed by atoms with Crippen LogP contribution >= 0.6 is 0 Å². The van der Waals surface area contributed by atoms with Gasteiger partial charge < -0.3 is 9.47 Å². The van der Waals surface area contributed by atoms with Crippen molar-refractivity contribution >= 4 is 33.7 Å². The van der Waals surface area contributed by atoms with E-state index in [0.29, 0.717) is 37.9 Å². The van der Waals surface area contributed by atoms with Gasteiger partial charge in [-0.1, -0.05) is 61.7 Å². The summed E-state index contributed by atoms with van der Waals surface area (Å²) in [6, 6.07) is 13.8. The summed E-state index contributed by atoms with van der Waals surface area (Å²) < 4.78 is 36.7. The average Bonchev–Trinajstić information content (AvgIpc) is 2.87. The molecular weight excluding hydrogens is 498 g/mol. The zero-order valence-corrected chi connectivity index (χ0v) is 21.9. The van der Waals surface area contributed by atoms with Crippen molar-refractivity contribution in [3.8, 4) is 0 Å². The van der Waals surface area contributed by atoms with Crippen LogP contribution in [-0.4, -0.2) is 38.7 Å². The molecule has 2 aromatic carbocycles. The number of sulfonamides is 1. The first-order chi connectivity index (χ1) is 17.6. The molecule has 9 nitrogen and oxygen atoms in total. The molecule has 0 spiro atoms. The largest absolute Gasteiger partial charge is 0.466 e. The molecule has 0 bridgehead atoms. The lowest BCUT2D eigenvalue weighted by molar-refractivity contribution is -0.143. The van der Waals surface area contributed by atoms with E-state index in [2.05, 4.69) is 0 Å². The molecule has 0 radical (unpaired) electrons. The van der Waals surface area contributed by atoms with Gasteiger partial charge in [0.25, 0.3) is 10.0 Å². The zero-order valence-electron chi connectivity index (χ0n) is 21.1. The van der Waals surface area contributed by atoms with E-state index in [1.807, 2.05) is 4.72 Å². The fraction of sp³-hybridized carbons (Fsp3) is 0.407. The summed E-state index contributed by atoms with van der Waals surface area (Å²) in [5.74, 6) is -1.73. The topological polar surface area (TPSA) is 133 Å². The Labute approximate surface area is 217 Å². The molecule has 0 aliphatic carbocycles. The number of esters is 1. The van der Waals surface area contributed by atoms with Crippen LogP contribution in [-0.2, 0) is 35.7 Å². The second-order valence-corrected chi connectivity index (χ2v) is 10.2. The number of hydrogen-bond acceptors (Lipinski definition) is 8. The SMILES string of the molecule is CCOC(=O)CCCCCCC(C(C)=O)C(=O)c1ccc(S(=O)(=O)NC(=O)OCc2ccccc2)cc1. The lowest BCUT2D eigenvalue weighted by atomic mass is 9.89. The quantitative estimate of drug-likeness (QED) is 0.153. The van der Waals surface area contributed by atoms with Crippen molar-refractivity contribution in [3.05, 3.63) is 65.7 Å². The van der Waals surface area contributed by atoms with Crippen LogP contribution < -0.4 is 4.72 Å². The van der Waals surface area contributed by atoms with E-state index in [0.717, 1.165) is 12.8 Å². The normalized spacial score (nSPS) is 11.8. The molecular formula is C27H33NO8S. The minimum atomic E-state index is -4.21. The lowest BCUT2D eigenvalue weighted by Gasteiger charge is -2.13. The van der Waals surface area contributed by atoms with Gasteiger partial charge in [0.05, 0.1) is 17.4 Å². The molecule has 0 saturated heterocycles. The molecule has 0 aliphatic rings. The first-order valence-electron chi connectivity index (χ1n) is 12.2. The highest BCUT2D eigenvalue weighted by atomic mass is 32.2. The van der Waals surface area contributed by atoms with E-state index >= 15 is 0 Å². The Morgan fingerprint density at radius 1 is 0.865 bits per heavy atom. The molecule has 2 aromatic rings. The van der Waals surface area contributed by atoms with E-state index in [-0.39, 0.29) is 28.8 Å². The number of carbonyl (C=O) groups excluding carboxylic acids is 4.